The van der Waals surface area contributed by atoms with Crippen LogP contribution in [0.5, 0.6) is 0 Å². The first-order valence-corrected chi connectivity index (χ1v) is 4.25. The van der Waals surface area contributed by atoms with Gasteiger partial charge in [-0.05, 0) is 12.8 Å². The van der Waals surface area contributed by atoms with Gasteiger partial charge in [0.15, 0.2) is 0 Å². The van der Waals surface area contributed by atoms with E-state index < -0.39 is 30.1 Å². The number of rotatable bonds is 1. The molecule has 5 nitrogen and oxygen atoms in total. The van der Waals surface area contributed by atoms with E-state index in [0.29, 0.717) is 0 Å². The van der Waals surface area contributed by atoms with Crippen LogP contribution in [0.1, 0.15) is 12.8 Å². The largest absolute Gasteiger partial charge is 0.469 e. The van der Waals surface area contributed by atoms with Gasteiger partial charge in [-0.15, -0.1) is 12.4 Å². The number of halogens is 1. The predicted octanol–water partition coefficient (Wildman–Crippen LogP) is -0.960. The maximum atomic E-state index is 11.1. The summed E-state index contributed by atoms with van der Waals surface area (Å²) in [6, 6.07) is -0.425. The van der Waals surface area contributed by atoms with E-state index in [9.17, 15) is 15.0 Å². The van der Waals surface area contributed by atoms with Crippen LogP contribution in [-0.2, 0) is 9.53 Å². The molecule has 0 amide bonds. The molecule has 1 aliphatic carbocycles. The van der Waals surface area contributed by atoms with Crippen molar-refractivity contribution in [2.24, 2.45) is 11.7 Å². The molecule has 1 fully saturated rings. The molecule has 0 unspecified atom stereocenters. The van der Waals surface area contributed by atoms with Gasteiger partial charge in [-0.25, -0.2) is 0 Å². The molecule has 4 N–H and O–H groups in total. The molecule has 0 radical (unpaired) electrons. The van der Waals surface area contributed by atoms with Gasteiger partial charge < -0.3 is 20.7 Å². The first-order valence-electron chi connectivity index (χ1n) is 4.25. The lowest BCUT2D eigenvalue weighted by molar-refractivity contribution is -0.151. The molecular formula is C8H16ClNO4. The Hall–Kier alpha value is -0.360. The van der Waals surface area contributed by atoms with Gasteiger partial charge in [0.05, 0.1) is 25.2 Å². The zero-order chi connectivity index (χ0) is 10.0. The third-order valence-corrected chi connectivity index (χ3v) is 2.47. The van der Waals surface area contributed by atoms with E-state index in [1.54, 1.807) is 0 Å². The number of aliphatic hydroxyl groups is 2. The maximum Gasteiger partial charge on any atom is 0.310 e. The molecule has 6 heteroatoms. The standard InChI is InChI=1S/C8H15NO4.ClH/c1-13-8(12)4-2-6(10)7(11)3-5(4)9;/h4-7,10-11H,2-3,9H2,1H3;1H/t4-,5+,6-,7+;/m1./s1. The van der Waals surface area contributed by atoms with Crippen LogP contribution in [0.4, 0.5) is 0 Å². The minimum Gasteiger partial charge on any atom is -0.469 e. The highest BCUT2D eigenvalue weighted by Crippen LogP contribution is 2.24. The van der Waals surface area contributed by atoms with Crippen molar-refractivity contribution in [1.82, 2.24) is 0 Å². The van der Waals surface area contributed by atoms with Gasteiger partial charge in [-0.3, -0.25) is 4.79 Å². The average Bonchev–Trinajstić information content (AvgIpc) is 2.10. The van der Waals surface area contributed by atoms with E-state index in [4.69, 9.17) is 5.73 Å². The summed E-state index contributed by atoms with van der Waals surface area (Å²) >= 11 is 0. The molecule has 0 aromatic rings. The number of aliphatic hydroxyl groups excluding tert-OH is 2. The normalized spacial score (nSPS) is 37.1. The number of hydrogen-bond acceptors (Lipinski definition) is 5. The highest BCUT2D eigenvalue weighted by molar-refractivity contribution is 5.85. The smallest absolute Gasteiger partial charge is 0.310 e. The number of carbonyl (C=O) groups excluding carboxylic acids is 1. The third-order valence-electron chi connectivity index (χ3n) is 2.47. The summed E-state index contributed by atoms with van der Waals surface area (Å²) in [6.07, 6.45) is -1.28. The van der Waals surface area contributed by atoms with Crippen molar-refractivity contribution < 1.29 is 19.7 Å². The Morgan fingerprint density at radius 1 is 1.36 bits per heavy atom. The molecule has 0 bridgehead atoms. The Balaban J connectivity index is 0.00000169. The molecule has 0 heterocycles. The number of nitrogens with two attached hydrogens (primary N) is 1. The van der Waals surface area contributed by atoms with Crippen LogP contribution in [0.2, 0.25) is 0 Å². The van der Waals surface area contributed by atoms with Crippen LogP contribution in [0.15, 0.2) is 0 Å². The van der Waals surface area contributed by atoms with Crippen LogP contribution < -0.4 is 5.73 Å². The van der Waals surface area contributed by atoms with Crippen LogP contribution in [0.3, 0.4) is 0 Å². The fraction of sp³-hybridized carbons (Fsp3) is 0.875. The summed E-state index contributed by atoms with van der Waals surface area (Å²) in [7, 11) is 1.28. The SMILES string of the molecule is COC(=O)[C@@H]1C[C@@H](O)[C@@H](O)C[C@@H]1N.Cl. The number of carbonyl (C=O) groups is 1. The second-order valence-electron chi connectivity index (χ2n) is 3.40. The Labute approximate surface area is 88.6 Å². The molecule has 0 aliphatic heterocycles. The predicted molar refractivity (Wildman–Crippen MR) is 52.0 cm³/mol. The molecule has 0 aromatic carbocycles. The van der Waals surface area contributed by atoms with E-state index in [1.807, 2.05) is 0 Å². The Morgan fingerprint density at radius 3 is 2.36 bits per heavy atom. The van der Waals surface area contributed by atoms with Gasteiger partial charge >= 0.3 is 5.97 Å². The van der Waals surface area contributed by atoms with Crippen molar-refractivity contribution in [3.63, 3.8) is 0 Å². The van der Waals surface area contributed by atoms with E-state index in [1.165, 1.54) is 7.11 Å². The summed E-state index contributed by atoms with van der Waals surface area (Å²) in [5.41, 5.74) is 5.64. The Kier molecular flexibility index (Phi) is 5.36. The second-order valence-corrected chi connectivity index (χ2v) is 3.40. The van der Waals surface area contributed by atoms with Crippen LogP contribution in [0, 0.1) is 5.92 Å². The first-order chi connectivity index (χ1) is 6.06. The highest BCUT2D eigenvalue weighted by atomic mass is 35.5. The summed E-state index contributed by atoms with van der Waals surface area (Å²) < 4.78 is 4.53. The third kappa shape index (κ3) is 2.81. The molecular weight excluding hydrogens is 210 g/mol. The molecule has 0 aromatic heterocycles. The van der Waals surface area contributed by atoms with Crippen molar-refractivity contribution in [2.45, 2.75) is 31.1 Å². The molecule has 14 heavy (non-hydrogen) atoms. The average molecular weight is 226 g/mol. The molecule has 4 atom stereocenters. The van der Waals surface area contributed by atoms with Gasteiger partial charge in [-0.2, -0.15) is 0 Å². The van der Waals surface area contributed by atoms with E-state index in [0.717, 1.165) is 0 Å². The van der Waals surface area contributed by atoms with Crippen molar-refractivity contribution >= 4 is 18.4 Å². The molecule has 1 aliphatic rings. The van der Waals surface area contributed by atoms with Gasteiger partial charge in [-0.1, -0.05) is 0 Å². The molecule has 0 saturated heterocycles. The van der Waals surface area contributed by atoms with Gasteiger partial charge in [0.1, 0.15) is 0 Å². The second kappa shape index (κ2) is 5.50. The lowest BCUT2D eigenvalue weighted by atomic mass is 9.82. The molecule has 1 rings (SSSR count). The molecule has 84 valence electrons. The zero-order valence-corrected chi connectivity index (χ0v) is 8.74. The summed E-state index contributed by atoms with van der Waals surface area (Å²) in [5.74, 6) is -0.915. The fourth-order valence-electron chi connectivity index (χ4n) is 1.61. The number of ether oxygens (including phenoxy) is 1. The van der Waals surface area contributed by atoms with Crippen LogP contribution in [-0.4, -0.2) is 41.5 Å². The number of esters is 1. The summed E-state index contributed by atoms with van der Waals surface area (Å²) in [4.78, 5) is 11.1. The van der Waals surface area contributed by atoms with Gasteiger partial charge in [0, 0.05) is 6.04 Å². The molecule has 0 spiro atoms. The fourth-order valence-corrected chi connectivity index (χ4v) is 1.61. The van der Waals surface area contributed by atoms with Crippen LogP contribution >= 0.6 is 12.4 Å². The van der Waals surface area contributed by atoms with Crippen molar-refractivity contribution in [3.8, 4) is 0 Å². The van der Waals surface area contributed by atoms with E-state index >= 15 is 0 Å². The van der Waals surface area contributed by atoms with Crippen molar-refractivity contribution in [2.75, 3.05) is 7.11 Å². The quantitative estimate of drug-likeness (QED) is 0.500. The summed E-state index contributed by atoms with van der Waals surface area (Å²) in [6.45, 7) is 0. The monoisotopic (exact) mass is 225 g/mol. The van der Waals surface area contributed by atoms with E-state index in [-0.39, 0.29) is 25.2 Å². The number of hydrogen-bond donors (Lipinski definition) is 3. The van der Waals surface area contributed by atoms with Crippen molar-refractivity contribution in [1.29, 1.82) is 0 Å². The molecule has 1 saturated carbocycles. The minimum atomic E-state index is -0.871. The first kappa shape index (κ1) is 13.6. The van der Waals surface area contributed by atoms with Crippen molar-refractivity contribution in [3.05, 3.63) is 0 Å². The van der Waals surface area contributed by atoms with Crippen LogP contribution in [0.25, 0.3) is 0 Å². The Bertz CT molecular complexity index is 202. The number of methoxy groups -OCH3 is 1. The lowest BCUT2D eigenvalue weighted by Crippen LogP contribution is -2.49. The van der Waals surface area contributed by atoms with E-state index in [2.05, 4.69) is 4.74 Å². The Morgan fingerprint density at radius 2 is 1.86 bits per heavy atom. The highest BCUT2D eigenvalue weighted by Gasteiger charge is 2.37. The van der Waals surface area contributed by atoms with Gasteiger partial charge in [0.25, 0.3) is 0 Å². The lowest BCUT2D eigenvalue weighted by Gasteiger charge is -2.33. The maximum absolute atomic E-state index is 11.1. The minimum absolute atomic E-state index is 0. The summed E-state index contributed by atoms with van der Waals surface area (Å²) in [5, 5.41) is 18.5. The van der Waals surface area contributed by atoms with Gasteiger partial charge in [0.2, 0.25) is 0 Å². The topological polar surface area (TPSA) is 92.8 Å². The zero-order valence-electron chi connectivity index (χ0n) is 7.92.